The minimum atomic E-state index is -0.228. The summed E-state index contributed by atoms with van der Waals surface area (Å²) in [4.78, 5) is 19.8. The summed E-state index contributed by atoms with van der Waals surface area (Å²) in [5, 5.41) is 3.76. The maximum atomic E-state index is 4.95. The topological polar surface area (TPSA) is 61.4 Å². The Labute approximate surface area is 330 Å². The van der Waals surface area contributed by atoms with Gasteiger partial charge in [0.05, 0.1) is 40.3 Å². The van der Waals surface area contributed by atoms with E-state index in [0.717, 1.165) is 45.8 Å². The van der Waals surface area contributed by atoms with Crippen LogP contribution in [0.5, 0.6) is 0 Å². The molecular formula is C51H36N6. The normalized spacial score (nSPS) is 15.0. The summed E-state index contributed by atoms with van der Waals surface area (Å²) in [5.41, 5.74) is 12.6. The van der Waals surface area contributed by atoms with Crippen LogP contribution >= 0.6 is 0 Å². The van der Waals surface area contributed by atoms with E-state index in [-0.39, 0.29) is 5.41 Å². The van der Waals surface area contributed by atoms with E-state index in [1.54, 1.807) is 0 Å². The first-order valence-electron chi connectivity index (χ1n) is 19.3. The van der Waals surface area contributed by atoms with Crippen molar-refractivity contribution >= 4 is 38.8 Å². The quantitative estimate of drug-likeness (QED) is 0.171. The molecule has 57 heavy (non-hydrogen) atoms. The average molecular weight is 733 g/mol. The summed E-state index contributed by atoms with van der Waals surface area (Å²) in [6, 6.07) is 57.3. The molecule has 0 amide bonds. The number of rotatable bonds is 6. The van der Waals surface area contributed by atoms with Crippen molar-refractivity contribution in [1.29, 1.82) is 0 Å². The van der Waals surface area contributed by atoms with E-state index < -0.39 is 0 Å². The van der Waals surface area contributed by atoms with E-state index in [1.807, 2.05) is 67.0 Å². The fourth-order valence-corrected chi connectivity index (χ4v) is 8.64. The van der Waals surface area contributed by atoms with Gasteiger partial charge >= 0.3 is 0 Å². The molecule has 1 aliphatic carbocycles. The van der Waals surface area contributed by atoms with Crippen molar-refractivity contribution in [1.82, 2.24) is 29.1 Å². The summed E-state index contributed by atoms with van der Waals surface area (Å²) in [6.07, 6.45) is 9.37. The second-order valence-electron chi connectivity index (χ2n) is 15.0. The molecule has 4 heterocycles. The zero-order chi connectivity index (χ0) is 37.9. The first kappa shape index (κ1) is 32.9. The van der Waals surface area contributed by atoms with Gasteiger partial charge in [0, 0.05) is 44.1 Å². The monoisotopic (exact) mass is 732 g/mol. The van der Waals surface area contributed by atoms with Crippen LogP contribution in [-0.2, 0) is 11.8 Å². The number of hydrogen-bond donors (Lipinski definition) is 0. The smallest absolute Gasteiger partial charge is 0.178 e. The second kappa shape index (κ2) is 13.1. The Bertz CT molecular complexity index is 3090. The van der Waals surface area contributed by atoms with Crippen LogP contribution in [0.4, 0.5) is 0 Å². The maximum Gasteiger partial charge on any atom is 0.178 e. The molecule has 0 fully saturated rings. The fourth-order valence-electron chi connectivity index (χ4n) is 8.64. The molecular weight excluding hydrogens is 697 g/mol. The zero-order valence-corrected chi connectivity index (χ0v) is 31.3. The van der Waals surface area contributed by atoms with Crippen LogP contribution in [0, 0.1) is 0 Å². The van der Waals surface area contributed by atoms with E-state index in [9.17, 15) is 0 Å². The van der Waals surface area contributed by atoms with Gasteiger partial charge in [-0.3, -0.25) is 0 Å². The molecule has 0 N–H and O–H groups in total. The number of benzene rings is 6. The van der Waals surface area contributed by atoms with Gasteiger partial charge in [-0.25, -0.2) is 19.9 Å². The predicted molar refractivity (Wildman–Crippen MR) is 232 cm³/mol. The second-order valence-corrected chi connectivity index (χ2v) is 15.0. The highest BCUT2D eigenvalue weighted by molar-refractivity contribution is 6.09. The molecule has 6 heteroatoms. The zero-order valence-electron chi connectivity index (χ0n) is 31.3. The Kier molecular flexibility index (Phi) is 7.57. The number of aromatic nitrogens is 6. The SMILES string of the molecule is CC1(c2ccc3c4ccccc4n(-c4ccccc4)c3c2)C=Cc2c(c3ccccc3n2-c2cnc(-c3cc(-c4ccccc4)nc(-c4ccccc4)n3)nc2)C1. The first-order chi connectivity index (χ1) is 28.1. The Hall–Kier alpha value is -7.44. The molecule has 0 spiro atoms. The Morgan fingerprint density at radius 3 is 1.82 bits per heavy atom. The Balaban J connectivity index is 0.993. The Morgan fingerprint density at radius 2 is 1.09 bits per heavy atom. The third kappa shape index (κ3) is 5.48. The number of hydrogen-bond acceptors (Lipinski definition) is 4. The molecule has 11 rings (SSSR count). The number of allylic oxidation sites excluding steroid dienone is 1. The van der Waals surface area contributed by atoms with Crippen molar-refractivity contribution in [3.63, 3.8) is 0 Å². The minimum Gasteiger partial charge on any atom is -0.309 e. The average Bonchev–Trinajstić information content (AvgIpc) is 3.79. The van der Waals surface area contributed by atoms with Crippen LogP contribution < -0.4 is 0 Å². The molecule has 4 aromatic heterocycles. The Morgan fingerprint density at radius 1 is 0.491 bits per heavy atom. The molecule has 6 aromatic carbocycles. The molecule has 270 valence electrons. The van der Waals surface area contributed by atoms with Gasteiger partial charge in [0.1, 0.15) is 5.69 Å². The van der Waals surface area contributed by atoms with Gasteiger partial charge in [-0.2, -0.15) is 0 Å². The summed E-state index contributed by atoms with van der Waals surface area (Å²) >= 11 is 0. The first-order valence-corrected chi connectivity index (χ1v) is 19.3. The third-order valence-corrected chi connectivity index (χ3v) is 11.5. The van der Waals surface area contributed by atoms with Gasteiger partial charge < -0.3 is 9.13 Å². The predicted octanol–water partition coefficient (Wildman–Crippen LogP) is 11.8. The van der Waals surface area contributed by atoms with Crippen LogP contribution in [-0.4, -0.2) is 29.1 Å². The molecule has 0 radical (unpaired) electrons. The molecule has 0 bridgehead atoms. The summed E-state index contributed by atoms with van der Waals surface area (Å²) in [6.45, 7) is 2.36. The van der Waals surface area contributed by atoms with Crippen LogP contribution in [0.2, 0.25) is 0 Å². The highest BCUT2D eigenvalue weighted by Crippen LogP contribution is 2.43. The summed E-state index contributed by atoms with van der Waals surface area (Å²) in [7, 11) is 0. The highest BCUT2D eigenvalue weighted by Gasteiger charge is 2.32. The third-order valence-electron chi connectivity index (χ3n) is 11.5. The lowest BCUT2D eigenvalue weighted by atomic mass is 9.73. The van der Waals surface area contributed by atoms with Crippen LogP contribution in [0.3, 0.4) is 0 Å². The maximum absolute atomic E-state index is 4.95. The molecule has 1 unspecified atom stereocenters. The van der Waals surface area contributed by atoms with Crippen LogP contribution in [0.1, 0.15) is 23.7 Å². The van der Waals surface area contributed by atoms with Crippen molar-refractivity contribution < 1.29 is 0 Å². The van der Waals surface area contributed by atoms with Gasteiger partial charge in [0.2, 0.25) is 0 Å². The van der Waals surface area contributed by atoms with Crippen molar-refractivity contribution in [3.05, 3.63) is 199 Å². The van der Waals surface area contributed by atoms with Crippen molar-refractivity contribution in [2.45, 2.75) is 18.8 Å². The van der Waals surface area contributed by atoms with Gasteiger partial charge in [-0.05, 0) is 60.0 Å². The summed E-state index contributed by atoms with van der Waals surface area (Å²) in [5.74, 6) is 1.19. The molecule has 1 atom stereocenters. The fraction of sp³-hybridized carbons (Fsp3) is 0.0588. The van der Waals surface area contributed by atoms with Gasteiger partial charge in [0.15, 0.2) is 11.6 Å². The largest absolute Gasteiger partial charge is 0.309 e. The number of fused-ring (bicyclic) bond motifs is 6. The van der Waals surface area contributed by atoms with Crippen LogP contribution in [0.25, 0.3) is 84.3 Å². The molecule has 1 aliphatic rings. The lowest BCUT2D eigenvalue weighted by Crippen LogP contribution is -2.25. The van der Waals surface area contributed by atoms with Gasteiger partial charge in [-0.15, -0.1) is 0 Å². The molecule has 6 nitrogen and oxygen atoms in total. The number of para-hydroxylation sites is 3. The van der Waals surface area contributed by atoms with E-state index in [2.05, 4.69) is 137 Å². The van der Waals surface area contributed by atoms with E-state index in [4.69, 9.17) is 19.9 Å². The van der Waals surface area contributed by atoms with Gasteiger partial charge in [-0.1, -0.05) is 140 Å². The van der Waals surface area contributed by atoms with E-state index >= 15 is 0 Å². The minimum absolute atomic E-state index is 0.228. The molecule has 0 saturated heterocycles. The standard InChI is InChI=1S/C51H36N6/c1-51(36-25-26-41-39-21-11-13-23-45(39)56(48(41)29-36)37-19-9-4-10-20-37)28-27-47-42(31-51)40-22-12-14-24-46(40)57(47)38-32-52-50(53-33-38)44-30-43(34-15-5-2-6-16-34)54-49(55-44)35-17-7-3-8-18-35/h2-30,32-33H,31H2,1H3. The van der Waals surface area contributed by atoms with E-state index in [0.29, 0.717) is 17.3 Å². The van der Waals surface area contributed by atoms with Crippen molar-refractivity contribution in [2.75, 3.05) is 0 Å². The molecule has 10 aromatic rings. The molecule has 0 saturated carbocycles. The number of nitrogens with zero attached hydrogens (tertiary/aromatic N) is 6. The lowest BCUT2D eigenvalue weighted by molar-refractivity contribution is 0.588. The summed E-state index contributed by atoms with van der Waals surface area (Å²) < 4.78 is 4.70. The van der Waals surface area contributed by atoms with Crippen molar-refractivity contribution in [2.24, 2.45) is 0 Å². The van der Waals surface area contributed by atoms with Crippen molar-refractivity contribution in [3.8, 4) is 45.5 Å². The van der Waals surface area contributed by atoms with E-state index in [1.165, 1.54) is 38.3 Å². The van der Waals surface area contributed by atoms with Gasteiger partial charge in [0.25, 0.3) is 0 Å². The van der Waals surface area contributed by atoms with Crippen LogP contribution in [0.15, 0.2) is 182 Å². The lowest BCUT2D eigenvalue weighted by Gasteiger charge is -2.30. The highest BCUT2D eigenvalue weighted by atomic mass is 15.0. The molecule has 0 aliphatic heterocycles.